The first-order valence-electron chi connectivity index (χ1n) is 4.20. The Morgan fingerprint density at radius 1 is 1.20 bits per heavy atom. The number of nitrogen functional groups attached to an aromatic ring is 1. The largest absolute Gasteiger partial charge is 0.397 e. The molecule has 3 N–H and O–H groups in total. The van der Waals surface area contributed by atoms with Crippen LogP contribution in [0.3, 0.4) is 0 Å². The van der Waals surface area contributed by atoms with Crippen molar-refractivity contribution in [1.82, 2.24) is 15.0 Å². The van der Waals surface area contributed by atoms with E-state index in [1.54, 1.807) is 18.2 Å². The summed E-state index contributed by atoms with van der Waals surface area (Å²) in [6.45, 7) is 0. The molecule has 0 amide bonds. The van der Waals surface area contributed by atoms with Crippen molar-refractivity contribution in [3.63, 3.8) is 0 Å². The summed E-state index contributed by atoms with van der Waals surface area (Å²) in [5.74, 6) is 0.444. The van der Waals surface area contributed by atoms with Crippen molar-refractivity contribution in [2.24, 2.45) is 0 Å². The highest BCUT2D eigenvalue weighted by Crippen LogP contribution is 2.24. The molecule has 0 bridgehead atoms. The van der Waals surface area contributed by atoms with Crippen LogP contribution in [0.15, 0.2) is 30.9 Å². The zero-order valence-corrected chi connectivity index (χ0v) is 8.44. The summed E-state index contributed by atoms with van der Waals surface area (Å²) in [6.07, 6.45) is 2.81. The summed E-state index contributed by atoms with van der Waals surface area (Å²) < 4.78 is 0. The Hall–Kier alpha value is -1.88. The highest BCUT2D eigenvalue weighted by Gasteiger charge is 2.01. The van der Waals surface area contributed by atoms with Crippen LogP contribution >= 0.6 is 11.6 Å². The van der Waals surface area contributed by atoms with Gasteiger partial charge in [0.05, 0.1) is 11.4 Å². The second-order valence-corrected chi connectivity index (χ2v) is 3.25. The smallest absolute Gasteiger partial charge is 0.230 e. The van der Waals surface area contributed by atoms with E-state index < -0.39 is 0 Å². The molecule has 0 aliphatic heterocycles. The fourth-order valence-electron chi connectivity index (χ4n) is 1.07. The molecular formula is C9H8ClN5. The van der Waals surface area contributed by atoms with Gasteiger partial charge in [0.25, 0.3) is 0 Å². The molecule has 0 unspecified atom stereocenters. The van der Waals surface area contributed by atoms with Crippen molar-refractivity contribution in [2.75, 3.05) is 11.1 Å². The Morgan fingerprint density at radius 3 is 2.60 bits per heavy atom. The van der Waals surface area contributed by atoms with Gasteiger partial charge in [-0.2, -0.15) is 0 Å². The standard InChI is InChI=1S/C9H8ClN5/c10-6-1-2-8(7(11)3-6)15-9-13-4-12-5-14-9/h1-5H,11H2,(H,12,13,14,15). The predicted molar refractivity (Wildman–Crippen MR) is 59.0 cm³/mol. The molecule has 0 atom stereocenters. The van der Waals surface area contributed by atoms with E-state index in [-0.39, 0.29) is 0 Å². The molecule has 0 aliphatic carbocycles. The highest BCUT2D eigenvalue weighted by molar-refractivity contribution is 6.31. The van der Waals surface area contributed by atoms with Gasteiger partial charge in [-0.05, 0) is 18.2 Å². The number of rotatable bonds is 2. The summed E-state index contributed by atoms with van der Waals surface area (Å²) in [6, 6.07) is 5.16. The molecule has 0 saturated carbocycles. The van der Waals surface area contributed by atoms with Crippen molar-refractivity contribution in [3.8, 4) is 0 Å². The molecule has 5 nitrogen and oxygen atoms in total. The molecule has 1 heterocycles. The number of benzene rings is 1. The molecule has 15 heavy (non-hydrogen) atoms. The number of hydrogen-bond acceptors (Lipinski definition) is 5. The van der Waals surface area contributed by atoms with Gasteiger partial charge in [-0.3, -0.25) is 0 Å². The second kappa shape index (κ2) is 4.10. The van der Waals surface area contributed by atoms with Gasteiger partial charge in [0.15, 0.2) is 0 Å². The molecule has 0 fully saturated rings. The SMILES string of the molecule is Nc1cc(Cl)ccc1Nc1ncncn1. The third-order valence-corrected chi connectivity index (χ3v) is 1.99. The molecule has 0 radical (unpaired) electrons. The molecular weight excluding hydrogens is 214 g/mol. The Balaban J connectivity index is 2.25. The van der Waals surface area contributed by atoms with Crippen molar-refractivity contribution in [2.45, 2.75) is 0 Å². The lowest BCUT2D eigenvalue weighted by atomic mass is 10.3. The predicted octanol–water partition coefficient (Wildman–Crippen LogP) is 1.85. The Morgan fingerprint density at radius 2 is 1.93 bits per heavy atom. The summed E-state index contributed by atoms with van der Waals surface area (Å²) in [7, 11) is 0. The van der Waals surface area contributed by atoms with Crippen molar-refractivity contribution >= 4 is 28.9 Å². The third-order valence-electron chi connectivity index (χ3n) is 1.75. The number of nitrogens with two attached hydrogens (primary N) is 1. The fraction of sp³-hybridized carbons (Fsp3) is 0. The molecule has 76 valence electrons. The van der Waals surface area contributed by atoms with Crippen LogP contribution in [0, 0.1) is 0 Å². The Labute approximate surface area is 91.3 Å². The van der Waals surface area contributed by atoms with Crippen LogP contribution in [0.2, 0.25) is 5.02 Å². The first kappa shape index (κ1) is 9.67. The van der Waals surface area contributed by atoms with Gasteiger partial charge in [0, 0.05) is 5.02 Å². The minimum absolute atomic E-state index is 0.444. The summed E-state index contributed by atoms with van der Waals surface area (Å²) >= 11 is 5.77. The lowest BCUT2D eigenvalue weighted by molar-refractivity contribution is 1.05. The average molecular weight is 222 g/mol. The molecule has 1 aromatic heterocycles. The zero-order valence-electron chi connectivity index (χ0n) is 7.68. The first-order chi connectivity index (χ1) is 7.25. The molecule has 0 saturated heterocycles. The van der Waals surface area contributed by atoms with E-state index in [0.717, 1.165) is 0 Å². The summed E-state index contributed by atoms with van der Waals surface area (Å²) in [4.78, 5) is 11.5. The Bertz CT molecular complexity index is 459. The van der Waals surface area contributed by atoms with E-state index in [1.165, 1.54) is 12.7 Å². The van der Waals surface area contributed by atoms with Gasteiger partial charge in [-0.25, -0.2) is 15.0 Å². The number of halogens is 1. The molecule has 2 rings (SSSR count). The van der Waals surface area contributed by atoms with Crippen LogP contribution in [-0.2, 0) is 0 Å². The van der Waals surface area contributed by atoms with Crippen LogP contribution in [0.5, 0.6) is 0 Å². The topological polar surface area (TPSA) is 76.7 Å². The van der Waals surface area contributed by atoms with Crippen LogP contribution in [0.4, 0.5) is 17.3 Å². The van der Waals surface area contributed by atoms with Crippen LogP contribution in [-0.4, -0.2) is 15.0 Å². The fourth-order valence-corrected chi connectivity index (χ4v) is 1.25. The summed E-state index contributed by atoms with van der Waals surface area (Å²) in [5, 5.41) is 3.54. The van der Waals surface area contributed by atoms with Gasteiger partial charge in [-0.15, -0.1) is 0 Å². The van der Waals surface area contributed by atoms with Gasteiger partial charge in [0.1, 0.15) is 12.7 Å². The van der Waals surface area contributed by atoms with Crippen molar-refractivity contribution < 1.29 is 0 Å². The minimum atomic E-state index is 0.444. The number of anilines is 3. The van der Waals surface area contributed by atoms with E-state index in [4.69, 9.17) is 17.3 Å². The lowest BCUT2D eigenvalue weighted by Crippen LogP contribution is -1.99. The Kier molecular flexibility index (Phi) is 2.64. The zero-order chi connectivity index (χ0) is 10.7. The molecule has 0 aliphatic rings. The van der Waals surface area contributed by atoms with E-state index in [9.17, 15) is 0 Å². The van der Waals surface area contributed by atoms with E-state index in [1.807, 2.05) is 0 Å². The van der Waals surface area contributed by atoms with E-state index in [2.05, 4.69) is 20.3 Å². The second-order valence-electron chi connectivity index (χ2n) is 2.82. The van der Waals surface area contributed by atoms with Gasteiger partial charge < -0.3 is 11.1 Å². The van der Waals surface area contributed by atoms with Gasteiger partial charge in [0.2, 0.25) is 5.95 Å². The van der Waals surface area contributed by atoms with Crippen molar-refractivity contribution in [1.29, 1.82) is 0 Å². The number of nitrogens with one attached hydrogen (secondary N) is 1. The maximum absolute atomic E-state index is 5.77. The normalized spacial score (nSPS) is 9.93. The maximum atomic E-state index is 5.77. The monoisotopic (exact) mass is 221 g/mol. The number of hydrogen-bond donors (Lipinski definition) is 2. The minimum Gasteiger partial charge on any atom is -0.397 e. The van der Waals surface area contributed by atoms with Gasteiger partial charge in [-0.1, -0.05) is 11.6 Å². The van der Waals surface area contributed by atoms with Crippen LogP contribution in [0.1, 0.15) is 0 Å². The van der Waals surface area contributed by atoms with Crippen molar-refractivity contribution in [3.05, 3.63) is 35.9 Å². The quantitative estimate of drug-likeness (QED) is 0.757. The molecule has 1 aromatic carbocycles. The van der Waals surface area contributed by atoms with Gasteiger partial charge >= 0.3 is 0 Å². The number of aromatic nitrogens is 3. The highest BCUT2D eigenvalue weighted by atomic mass is 35.5. The summed E-state index contributed by atoms with van der Waals surface area (Å²) in [5.41, 5.74) is 7.01. The molecule has 2 aromatic rings. The lowest BCUT2D eigenvalue weighted by Gasteiger charge is -2.06. The van der Waals surface area contributed by atoms with E-state index >= 15 is 0 Å². The molecule has 0 spiro atoms. The van der Waals surface area contributed by atoms with Crippen LogP contribution in [0.25, 0.3) is 0 Å². The maximum Gasteiger partial charge on any atom is 0.230 e. The molecule has 6 heteroatoms. The van der Waals surface area contributed by atoms with Crippen LogP contribution < -0.4 is 11.1 Å². The first-order valence-corrected chi connectivity index (χ1v) is 4.57. The van der Waals surface area contributed by atoms with E-state index in [0.29, 0.717) is 22.3 Å². The number of nitrogens with zero attached hydrogens (tertiary/aromatic N) is 3. The third kappa shape index (κ3) is 2.32. The average Bonchev–Trinajstić information content (AvgIpc) is 2.24.